The quantitative estimate of drug-likeness (QED) is 0.636. The molecule has 0 saturated carbocycles. The molecule has 1 atom stereocenters. The number of hydrogen-bond donors (Lipinski definition) is 2. The predicted octanol–water partition coefficient (Wildman–Crippen LogP) is 4.79. The van der Waals surface area contributed by atoms with Gasteiger partial charge in [-0.2, -0.15) is 0 Å². The summed E-state index contributed by atoms with van der Waals surface area (Å²) in [6.45, 7) is 9.07. The SMILES string of the molecule is CCCCOc1c(C)cc(-c2cccc(CCC(C)(N)CO)c2)cc1C. The van der Waals surface area contributed by atoms with Gasteiger partial charge in [0, 0.05) is 5.54 Å². The van der Waals surface area contributed by atoms with Gasteiger partial charge in [0.25, 0.3) is 0 Å². The Balaban J connectivity index is 2.19. The molecule has 0 spiro atoms. The summed E-state index contributed by atoms with van der Waals surface area (Å²) in [5.41, 5.74) is 11.5. The van der Waals surface area contributed by atoms with E-state index in [1.165, 1.54) is 27.8 Å². The molecule has 0 fully saturated rings. The van der Waals surface area contributed by atoms with E-state index in [-0.39, 0.29) is 6.61 Å². The van der Waals surface area contributed by atoms with Crippen molar-refractivity contribution in [2.24, 2.45) is 5.73 Å². The molecule has 0 aromatic heterocycles. The van der Waals surface area contributed by atoms with E-state index in [2.05, 4.69) is 57.2 Å². The predicted molar refractivity (Wildman–Crippen MR) is 110 cm³/mol. The average Bonchev–Trinajstić information content (AvgIpc) is 2.62. The van der Waals surface area contributed by atoms with Crippen LogP contribution in [0.4, 0.5) is 0 Å². The summed E-state index contributed by atoms with van der Waals surface area (Å²) in [6.07, 6.45) is 3.84. The molecular weight excluding hydrogens is 322 g/mol. The zero-order valence-corrected chi connectivity index (χ0v) is 16.6. The molecule has 2 aromatic rings. The summed E-state index contributed by atoms with van der Waals surface area (Å²) in [4.78, 5) is 0. The van der Waals surface area contributed by atoms with Gasteiger partial charge in [-0.1, -0.05) is 37.6 Å². The topological polar surface area (TPSA) is 55.5 Å². The first-order valence-electron chi connectivity index (χ1n) is 9.59. The van der Waals surface area contributed by atoms with E-state index in [1.807, 2.05) is 6.92 Å². The van der Waals surface area contributed by atoms with E-state index < -0.39 is 5.54 Å². The Kier molecular flexibility index (Phi) is 7.24. The Labute approximate surface area is 158 Å². The van der Waals surface area contributed by atoms with Crippen LogP contribution in [0.3, 0.4) is 0 Å². The van der Waals surface area contributed by atoms with E-state index in [0.717, 1.165) is 38.0 Å². The first kappa shape index (κ1) is 20.5. The van der Waals surface area contributed by atoms with Crippen molar-refractivity contribution >= 4 is 0 Å². The first-order chi connectivity index (χ1) is 12.4. The van der Waals surface area contributed by atoms with Gasteiger partial charge in [-0.25, -0.2) is 0 Å². The lowest BCUT2D eigenvalue weighted by molar-refractivity contribution is 0.200. The third-order valence-corrected chi connectivity index (χ3v) is 4.81. The molecule has 0 aliphatic heterocycles. The van der Waals surface area contributed by atoms with Crippen molar-refractivity contribution < 1.29 is 9.84 Å². The average molecular weight is 356 g/mol. The van der Waals surface area contributed by atoms with E-state index in [9.17, 15) is 5.11 Å². The number of ether oxygens (including phenoxy) is 1. The van der Waals surface area contributed by atoms with Crippen LogP contribution in [0.25, 0.3) is 11.1 Å². The summed E-state index contributed by atoms with van der Waals surface area (Å²) >= 11 is 0. The number of aryl methyl sites for hydroxylation is 3. The van der Waals surface area contributed by atoms with Crippen molar-refractivity contribution in [2.75, 3.05) is 13.2 Å². The van der Waals surface area contributed by atoms with Crippen LogP contribution in [0, 0.1) is 13.8 Å². The highest BCUT2D eigenvalue weighted by atomic mass is 16.5. The molecule has 0 amide bonds. The number of rotatable bonds is 9. The van der Waals surface area contributed by atoms with Gasteiger partial charge in [0.05, 0.1) is 13.2 Å². The van der Waals surface area contributed by atoms with Crippen LogP contribution in [0.5, 0.6) is 5.75 Å². The number of benzene rings is 2. The van der Waals surface area contributed by atoms with Crippen LogP contribution >= 0.6 is 0 Å². The molecule has 0 saturated heterocycles. The smallest absolute Gasteiger partial charge is 0.125 e. The molecule has 142 valence electrons. The van der Waals surface area contributed by atoms with Gasteiger partial charge < -0.3 is 15.6 Å². The molecule has 3 heteroatoms. The Morgan fingerprint density at radius 2 is 1.77 bits per heavy atom. The summed E-state index contributed by atoms with van der Waals surface area (Å²) in [7, 11) is 0. The van der Waals surface area contributed by atoms with Crippen LogP contribution < -0.4 is 10.5 Å². The molecule has 0 aliphatic carbocycles. The minimum Gasteiger partial charge on any atom is -0.493 e. The minimum absolute atomic E-state index is 0.00454. The van der Waals surface area contributed by atoms with E-state index in [1.54, 1.807) is 0 Å². The van der Waals surface area contributed by atoms with Crippen molar-refractivity contribution in [3.63, 3.8) is 0 Å². The molecule has 0 bridgehead atoms. The van der Waals surface area contributed by atoms with Crippen molar-refractivity contribution in [2.45, 2.75) is 58.9 Å². The summed E-state index contributed by atoms with van der Waals surface area (Å²) in [5, 5.41) is 9.33. The molecule has 3 nitrogen and oxygen atoms in total. The van der Waals surface area contributed by atoms with Crippen molar-refractivity contribution in [3.05, 3.63) is 53.1 Å². The van der Waals surface area contributed by atoms with Gasteiger partial charge >= 0.3 is 0 Å². The monoisotopic (exact) mass is 355 g/mol. The van der Waals surface area contributed by atoms with Crippen molar-refractivity contribution in [3.8, 4) is 16.9 Å². The normalized spacial score (nSPS) is 13.5. The Hall–Kier alpha value is -1.84. The molecule has 26 heavy (non-hydrogen) atoms. The molecule has 0 radical (unpaired) electrons. The zero-order chi connectivity index (χ0) is 19.2. The maximum Gasteiger partial charge on any atom is 0.125 e. The minimum atomic E-state index is -0.527. The lowest BCUT2D eigenvalue weighted by Gasteiger charge is -2.21. The Morgan fingerprint density at radius 3 is 2.38 bits per heavy atom. The molecule has 0 aliphatic rings. The van der Waals surface area contributed by atoms with Gasteiger partial charge in [0.1, 0.15) is 5.75 Å². The molecular formula is C23H33NO2. The number of hydrogen-bond acceptors (Lipinski definition) is 3. The molecule has 1 unspecified atom stereocenters. The van der Waals surface area contributed by atoms with Gasteiger partial charge in [0.15, 0.2) is 0 Å². The van der Waals surface area contributed by atoms with Gasteiger partial charge in [-0.05, 0) is 80.0 Å². The van der Waals surface area contributed by atoms with E-state index in [4.69, 9.17) is 10.5 Å². The standard InChI is InChI=1S/C23H33NO2/c1-5-6-12-26-22-17(2)13-21(14-18(22)3)20-9-7-8-19(15-20)10-11-23(4,24)16-25/h7-9,13-15,25H,5-6,10-12,16,24H2,1-4H3. The highest BCUT2D eigenvalue weighted by Crippen LogP contribution is 2.31. The van der Waals surface area contributed by atoms with Crippen LogP contribution in [0.15, 0.2) is 36.4 Å². The number of aliphatic hydroxyl groups is 1. The number of aliphatic hydroxyl groups excluding tert-OH is 1. The van der Waals surface area contributed by atoms with Gasteiger partial charge in [0.2, 0.25) is 0 Å². The zero-order valence-electron chi connectivity index (χ0n) is 16.6. The van der Waals surface area contributed by atoms with Crippen LogP contribution in [0.1, 0.15) is 49.8 Å². The number of unbranched alkanes of at least 4 members (excludes halogenated alkanes) is 1. The molecule has 3 N–H and O–H groups in total. The fourth-order valence-corrected chi connectivity index (χ4v) is 3.08. The maximum atomic E-state index is 9.33. The second kappa shape index (κ2) is 9.20. The third kappa shape index (κ3) is 5.58. The molecule has 0 heterocycles. The highest BCUT2D eigenvalue weighted by molar-refractivity contribution is 5.68. The second-order valence-electron chi connectivity index (χ2n) is 7.65. The lowest BCUT2D eigenvalue weighted by atomic mass is 9.93. The van der Waals surface area contributed by atoms with Crippen LogP contribution in [-0.2, 0) is 6.42 Å². The molecule has 2 rings (SSSR count). The fraction of sp³-hybridized carbons (Fsp3) is 0.478. The fourth-order valence-electron chi connectivity index (χ4n) is 3.08. The third-order valence-electron chi connectivity index (χ3n) is 4.81. The van der Waals surface area contributed by atoms with Crippen molar-refractivity contribution in [1.29, 1.82) is 0 Å². The van der Waals surface area contributed by atoms with E-state index in [0.29, 0.717) is 0 Å². The lowest BCUT2D eigenvalue weighted by Crippen LogP contribution is -2.40. The molecule has 2 aromatic carbocycles. The van der Waals surface area contributed by atoms with Gasteiger partial charge in [-0.3, -0.25) is 0 Å². The summed E-state index contributed by atoms with van der Waals surface area (Å²) in [5.74, 6) is 1.01. The van der Waals surface area contributed by atoms with Crippen LogP contribution in [-0.4, -0.2) is 23.9 Å². The van der Waals surface area contributed by atoms with Gasteiger partial charge in [-0.15, -0.1) is 0 Å². The largest absolute Gasteiger partial charge is 0.493 e. The highest BCUT2D eigenvalue weighted by Gasteiger charge is 2.16. The van der Waals surface area contributed by atoms with Crippen LogP contribution in [0.2, 0.25) is 0 Å². The Bertz CT molecular complexity index is 699. The van der Waals surface area contributed by atoms with E-state index >= 15 is 0 Å². The first-order valence-corrected chi connectivity index (χ1v) is 9.59. The summed E-state index contributed by atoms with van der Waals surface area (Å²) < 4.78 is 5.97. The Morgan fingerprint density at radius 1 is 1.08 bits per heavy atom. The number of nitrogens with two attached hydrogens (primary N) is 1. The maximum absolute atomic E-state index is 9.33. The summed E-state index contributed by atoms with van der Waals surface area (Å²) in [6, 6.07) is 13.0. The van der Waals surface area contributed by atoms with Crippen molar-refractivity contribution in [1.82, 2.24) is 0 Å². The second-order valence-corrected chi connectivity index (χ2v) is 7.65.